The third-order valence-corrected chi connectivity index (χ3v) is 3.42. The van der Waals surface area contributed by atoms with Crippen molar-refractivity contribution in [2.45, 2.75) is 38.4 Å². The van der Waals surface area contributed by atoms with Crippen LogP contribution in [0.5, 0.6) is 0 Å². The molecule has 1 aliphatic heterocycles. The number of carboxylic acid groups (broad SMARTS) is 1. The molecule has 1 amide bonds. The lowest BCUT2D eigenvalue weighted by Crippen LogP contribution is -2.36. The number of carboxylic acids is 1. The molecule has 2 atom stereocenters. The number of hydrogen-bond donors (Lipinski definition) is 2. The van der Waals surface area contributed by atoms with Gasteiger partial charge < -0.3 is 15.2 Å². The first kappa shape index (κ1) is 14.5. The van der Waals surface area contributed by atoms with Gasteiger partial charge in [-0.15, -0.1) is 0 Å². The lowest BCUT2D eigenvalue weighted by Gasteiger charge is -2.11. The molecule has 5 heteroatoms. The van der Waals surface area contributed by atoms with E-state index < -0.39 is 18.2 Å². The molecular weight excluding hydrogens is 258 g/mol. The van der Waals surface area contributed by atoms with E-state index in [1.165, 1.54) is 5.56 Å². The van der Waals surface area contributed by atoms with Gasteiger partial charge in [-0.2, -0.15) is 0 Å². The topological polar surface area (TPSA) is 75.6 Å². The highest BCUT2D eigenvalue weighted by atomic mass is 16.5. The summed E-state index contributed by atoms with van der Waals surface area (Å²) in [6.45, 7) is 2.56. The van der Waals surface area contributed by atoms with E-state index in [0.29, 0.717) is 19.4 Å². The van der Waals surface area contributed by atoms with Crippen LogP contribution in [0, 0.1) is 6.92 Å². The smallest absolute Gasteiger partial charge is 0.332 e. The molecule has 1 fully saturated rings. The zero-order valence-corrected chi connectivity index (χ0v) is 11.5. The summed E-state index contributed by atoms with van der Waals surface area (Å²) in [6, 6.07) is 8.14. The van der Waals surface area contributed by atoms with Crippen LogP contribution in [0.2, 0.25) is 0 Å². The lowest BCUT2D eigenvalue weighted by molar-refractivity contribution is -0.151. The first-order valence-corrected chi connectivity index (χ1v) is 6.78. The van der Waals surface area contributed by atoms with Gasteiger partial charge in [0.1, 0.15) is 6.10 Å². The van der Waals surface area contributed by atoms with Crippen LogP contribution in [-0.2, 0) is 20.7 Å². The summed E-state index contributed by atoms with van der Waals surface area (Å²) in [6.07, 6.45) is 0.136. The Morgan fingerprint density at radius 3 is 2.50 bits per heavy atom. The fourth-order valence-electron chi connectivity index (χ4n) is 2.21. The molecule has 108 valence electrons. The molecule has 1 aromatic rings. The molecule has 1 aliphatic rings. The monoisotopic (exact) mass is 277 g/mol. The number of amides is 1. The molecule has 0 unspecified atom stereocenters. The summed E-state index contributed by atoms with van der Waals surface area (Å²) in [5, 5.41) is 11.6. The van der Waals surface area contributed by atoms with Crippen LogP contribution in [0.4, 0.5) is 0 Å². The van der Waals surface area contributed by atoms with Gasteiger partial charge in [-0.3, -0.25) is 4.79 Å². The molecule has 20 heavy (non-hydrogen) atoms. The highest BCUT2D eigenvalue weighted by Gasteiger charge is 2.34. The van der Waals surface area contributed by atoms with E-state index in [1.54, 1.807) is 0 Å². The van der Waals surface area contributed by atoms with Crippen molar-refractivity contribution < 1.29 is 19.4 Å². The average molecular weight is 277 g/mol. The van der Waals surface area contributed by atoms with Gasteiger partial charge >= 0.3 is 5.97 Å². The second-order valence-electron chi connectivity index (χ2n) is 5.06. The second-order valence-corrected chi connectivity index (χ2v) is 5.06. The van der Waals surface area contributed by atoms with Crippen molar-refractivity contribution in [2.24, 2.45) is 0 Å². The number of carbonyl (C=O) groups excluding carboxylic acids is 1. The Hall–Kier alpha value is -1.88. The van der Waals surface area contributed by atoms with Gasteiger partial charge in [0.25, 0.3) is 0 Å². The maximum atomic E-state index is 11.8. The maximum Gasteiger partial charge on any atom is 0.332 e. The summed E-state index contributed by atoms with van der Waals surface area (Å²) in [4.78, 5) is 22.6. The first-order valence-electron chi connectivity index (χ1n) is 6.78. The number of rotatable bonds is 5. The Labute approximate surface area is 117 Å². The molecule has 1 heterocycles. The standard InChI is InChI=1S/C15H19NO4/c1-10-2-4-11(5-3-10)8-9-16-14(17)12-6-7-13(20-12)15(18)19/h2-5,12-13H,6-9H2,1H3,(H,16,17)(H,18,19)/t12-,13+/m0/s1. The van der Waals surface area contributed by atoms with E-state index in [4.69, 9.17) is 9.84 Å². The van der Waals surface area contributed by atoms with Crippen molar-refractivity contribution in [3.05, 3.63) is 35.4 Å². The maximum absolute atomic E-state index is 11.8. The molecule has 5 nitrogen and oxygen atoms in total. The molecule has 2 N–H and O–H groups in total. The number of hydrogen-bond acceptors (Lipinski definition) is 3. The van der Waals surface area contributed by atoms with Crippen LogP contribution >= 0.6 is 0 Å². The van der Waals surface area contributed by atoms with E-state index in [2.05, 4.69) is 5.32 Å². The SMILES string of the molecule is Cc1ccc(CCNC(=O)[C@@H]2CC[C@H](C(=O)O)O2)cc1. The van der Waals surface area contributed by atoms with Crippen molar-refractivity contribution in [1.82, 2.24) is 5.32 Å². The normalized spacial score (nSPS) is 21.6. The van der Waals surface area contributed by atoms with E-state index >= 15 is 0 Å². The van der Waals surface area contributed by atoms with Crippen molar-refractivity contribution in [3.8, 4) is 0 Å². The molecule has 0 spiro atoms. The summed E-state index contributed by atoms with van der Waals surface area (Å²) in [5.41, 5.74) is 2.36. The van der Waals surface area contributed by atoms with Crippen molar-refractivity contribution in [1.29, 1.82) is 0 Å². The van der Waals surface area contributed by atoms with Gasteiger partial charge in [0.2, 0.25) is 5.91 Å². The Bertz CT molecular complexity index is 483. The van der Waals surface area contributed by atoms with Crippen LogP contribution < -0.4 is 5.32 Å². The Kier molecular flexibility index (Phi) is 4.74. The van der Waals surface area contributed by atoms with Crippen LogP contribution in [0.3, 0.4) is 0 Å². The zero-order valence-electron chi connectivity index (χ0n) is 11.5. The quantitative estimate of drug-likeness (QED) is 0.850. The van der Waals surface area contributed by atoms with Gasteiger partial charge in [0.05, 0.1) is 0 Å². The fourth-order valence-corrected chi connectivity index (χ4v) is 2.21. The molecule has 0 aromatic heterocycles. The summed E-state index contributed by atoms with van der Waals surface area (Å²) >= 11 is 0. The fraction of sp³-hybridized carbons (Fsp3) is 0.467. The second kappa shape index (κ2) is 6.52. The third kappa shape index (κ3) is 3.81. The van der Waals surface area contributed by atoms with E-state index in [1.807, 2.05) is 31.2 Å². The van der Waals surface area contributed by atoms with E-state index in [0.717, 1.165) is 12.0 Å². The molecule has 0 bridgehead atoms. The predicted molar refractivity (Wildman–Crippen MR) is 73.4 cm³/mol. The number of nitrogens with one attached hydrogen (secondary N) is 1. The number of ether oxygens (including phenoxy) is 1. The Morgan fingerprint density at radius 2 is 1.90 bits per heavy atom. The highest BCUT2D eigenvalue weighted by Crippen LogP contribution is 2.19. The molecule has 1 saturated heterocycles. The van der Waals surface area contributed by atoms with Crippen LogP contribution in [0.25, 0.3) is 0 Å². The summed E-state index contributed by atoms with van der Waals surface area (Å²) in [7, 11) is 0. The molecule has 2 rings (SSSR count). The Balaban J connectivity index is 1.73. The van der Waals surface area contributed by atoms with Crippen LogP contribution in [0.1, 0.15) is 24.0 Å². The largest absolute Gasteiger partial charge is 0.479 e. The van der Waals surface area contributed by atoms with E-state index in [9.17, 15) is 9.59 Å². The third-order valence-electron chi connectivity index (χ3n) is 3.42. The van der Waals surface area contributed by atoms with Gasteiger partial charge in [-0.05, 0) is 31.7 Å². The van der Waals surface area contributed by atoms with Crippen LogP contribution in [0.15, 0.2) is 24.3 Å². The molecule has 0 radical (unpaired) electrons. The van der Waals surface area contributed by atoms with Crippen molar-refractivity contribution in [2.75, 3.05) is 6.54 Å². The molecular formula is C15H19NO4. The summed E-state index contributed by atoms with van der Waals surface area (Å²) in [5.74, 6) is -1.22. The van der Waals surface area contributed by atoms with E-state index in [-0.39, 0.29) is 5.91 Å². The molecule has 0 saturated carbocycles. The molecule has 0 aliphatic carbocycles. The Morgan fingerprint density at radius 1 is 1.25 bits per heavy atom. The van der Waals surface area contributed by atoms with Gasteiger partial charge in [-0.25, -0.2) is 4.79 Å². The van der Waals surface area contributed by atoms with Gasteiger partial charge in [-0.1, -0.05) is 29.8 Å². The van der Waals surface area contributed by atoms with Crippen molar-refractivity contribution in [3.63, 3.8) is 0 Å². The number of carbonyl (C=O) groups is 2. The number of benzene rings is 1. The number of aliphatic carboxylic acids is 1. The minimum atomic E-state index is -1.00. The average Bonchev–Trinajstić information content (AvgIpc) is 2.91. The minimum absolute atomic E-state index is 0.221. The lowest BCUT2D eigenvalue weighted by atomic mass is 10.1. The van der Waals surface area contributed by atoms with Gasteiger partial charge in [0, 0.05) is 6.54 Å². The predicted octanol–water partition coefficient (Wildman–Crippen LogP) is 1.29. The molecule has 1 aromatic carbocycles. The number of aryl methyl sites for hydroxylation is 1. The first-order chi connectivity index (χ1) is 9.56. The van der Waals surface area contributed by atoms with Gasteiger partial charge in [0.15, 0.2) is 6.10 Å². The summed E-state index contributed by atoms with van der Waals surface area (Å²) < 4.78 is 5.19. The minimum Gasteiger partial charge on any atom is -0.479 e. The zero-order chi connectivity index (χ0) is 14.5. The van der Waals surface area contributed by atoms with Crippen molar-refractivity contribution >= 4 is 11.9 Å². The highest BCUT2D eigenvalue weighted by molar-refractivity contribution is 5.82. The van der Waals surface area contributed by atoms with Crippen LogP contribution in [-0.4, -0.2) is 35.7 Å².